The van der Waals surface area contributed by atoms with Gasteiger partial charge in [0, 0.05) is 57.1 Å². The number of nitrogens with two attached hydrogens (primary N) is 1. The normalized spacial score (nSPS) is 15.3. The Kier molecular flexibility index (Phi) is 6.68. The highest BCUT2D eigenvalue weighted by Crippen LogP contribution is 2.18. The second kappa shape index (κ2) is 9.40. The third-order valence-electron chi connectivity index (χ3n) is 4.31. The molecule has 3 rings (SSSR count). The number of benzene rings is 1. The van der Waals surface area contributed by atoms with Crippen LogP contribution in [0.2, 0.25) is 0 Å². The van der Waals surface area contributed by atoms with Crippen LogP contribution in [0.25, 0.3) is 0 Å². The van der Waals surface area contributed by atoms with Crippen LogP contribution < -0.4 is 16.0 Å². The van der Waals surface area contributed by atoms with Crippen LogP contribution in [0.3, 0.4) is 0 Å². The van der Waals surface area contributed by atoms with Gasteiger partial charge in [0.25, 0.3) is 0 Å². The Bertz CT molecular complexity index is 680. The van der Waals surface area contributed by atoms with Gasteiger partial charge in [-0.25, -0.2) is 9.98 Å². The van der Waals surface area contributed by atoms with Crippen LogP contribution in [-0.4, -0.2) is 62.3 Å². The Hall–Kier alpha value is -2.32. The van der Waals surface area contributed by atoms with Crippen LogP contribution in [0.15, 0.2) is 40.8 Å². The molecule has 0 bridgehead atoms. The fourth-order valence-corrected chi connectivity index (χ4v) is 3.49. The molecule has 0 atom stereocenters. The minimum atomic E-state index is 0.594. The van der Waals surface area contributed by atoms with Gasteiger partial charge in [-0.1, -0.05) is 12.1 Å². The summed E-state index contributed by atoms with van der Waals surface area (Å²) in [6.45, 7) is 5.68. The van der Waals surface area contributed by atoms with E-state index in [1.165, 1.54) is 0 Å². The highest BCUT2D eigenvalue weighted by Gasteiger charge is 2.19. The van der Waals surface area contributed by atoms with Crippen LogP contribution >= 0.6 is 11.3 Å². The Labute approximate surface area is 158 Å². The third-order valence-corrected chi connectivity index (χ3v) is 5.14. The Morgan fingerprint density at radius 1 is 1.27 bits per heavy atom. The molecule has 3 N–H and O–H groups in total. The first-order chi connectivity index (χ1) is 12.8. The molecule has 1 aromatic heterocycles. The number of thiazole rings is 1. The number of piperazine rings is 1. The van der Waals surface area contributed by atoms with Crippen LogP contribution in [-0.2, 0) is 11.3 Å². The molecular weight excluding hydrogens is 348 g/mol. The van der Waals surface area contributed by atoms with Gasteiger partial charge in [-0.3, -0.25) is 0 Å². The first-order valence-electron chi connectivity index (χ1n) is 8.77. The summed E-state index contributed by atoms with van der Waals surface area (Å²) in [5, 5.41) is 6.39. The zero-order chi connectivity index (χ0) is 18.2. The maximum absolute atomic E-state index is 6.19. The van der Waals surface area contributed by atoms with Crippen molar-refractivity contribution < 1.29 is 4.74 Å². The number of nitrogens with one attached hydrogen (secondary N) is 1. The number of rotatable bonds is 7. The van der Waals surface area contributed by atoms with E-state index in [0.717, 1.165) is 49.1 Å². The average Bonchev–Trinajstić information content (AvgIpc) is 3.22. The molecule has 1 saturated heterocycles. The van der Waals surface area contributed by atoms with Gasteiger partial charge in [-0.15, -0.1) is 11.3 Å². The van der Waals surface area contributed by atoms with Gasteiger partial charge >= 0.3 is 0 Å². The molecule has 140 valence electrons. The van der Waals surface area contributed by atoms with Crippen molar-refractivity contribution in [2.45, 2.75) is 6.54 Å². The molecular formula is C18H26N6OS. The van der Waals surface area contributed by atoms with Crippen molar-refractivity contribution in [1.82, 2.24) is 9.88 Å². The summed E-state index contributed by atoms with van der Waals surface area (Å²) in [5.74, 6) is 0.617. The van der Waals surface area contributed by atoms with Crippen molar-refractivity contribution in [1.29, 1.82) is 0 Å². The van der Waals surface area contributed by atoms with Crippen molar-refractivity contribution in [2.24, 2.45) is 10.7 Å². The highest BCUT2D eigenvalue weighted by molar-refractivity contribution is 7.13. The number of anilines is 2. The van der Waals surface area contributed by atoms with Crippen molar-refractivity contribution >= 4 is 28.1 Å². The molecule has 0 saturated carbocycles. The van der Waals surface area contributed by atoms with Gasteiger partial charge in [0.15, 0.2) is 11.1 Å². The second-order valence-corrected chi connectivity index (χ2v) is 6.95. The second-order valence-electron chi connectivity index (χ2n) is 6.08. The lowest BCUT2D eigenvalue weighted by atomic mass is 10.2. The number of methoxy groups -OCH3 is 1. The molecule has 1 fully saturated rings. The monoisotopic (exact) mass is 374 g/mol. The molecule has 1 aliphatic heterocycles. The maximum atomic E-state index is 6.19. The molecule has 8 heteroatoms. The molecule has 2 aromatic rings. The molecule has 0 spiro atoms. The van der Waals surface area contributed by atoms with E-state index in [9.17, 15) is 0 Å². The van der Waals surface area contributed by atoms with Crippen LogP contribution in [0, 0.1) is 0 Å². The smallest absolute Gasteiger partial charge is 0.191 e. The van der Waals surface area contributed by atoms with E-state index in [2.05, 4.69) is 49.4 Å². The molecule has 0 unspecified atom stereocenters. The van der Waals surface area contributed by atoms with Crippen molar-refractivity contribution in [3.63, 3.8) is 0 Å². The van der Waals surface area contributed by atoms with Crippen LogP contribution in [0.4, 0.5) is 10.8 Å². The number of hydrogen-bond acceptors (Lipinski definition) is 6. The lowest BCUT2D eigenvalue weighted by Gasteiger charge is -2.35. The maximum Gasteiger partial charge on any atom is 0.191 e. The lowest BCUT2D eigenvalue weighted by molar-refractivity contribution is 0.211. The number of aromatic nitrogens is 1. The summed E-state index contributed by atoms with van der Waals surface area (Å²) in [7, 11) is 1.70. The zero-order valence-corrected chi connectivity index (χ0v) is 15.9. The van der Waals surface area contributed by atoms with Gasteiger partial charge < -0.3 is 25.6 Å². The SMILES string of the molecule is COCCNc1ccc(CN=C(N)N2CCN(c3nccs3)CC2)cc1. The summed E-state index contributed by atoms with van der Waals surface area (Å²) in [6, 6.07) is 8.27. The number of guanidine groups is 1. The highest BCUT2D eigenvalue weighted by atomic mass is 32.1. The first kappa shape index (κ1) is 18.5. The predicted molar refractivity (Wildman–Crippen MR) is 108 cm³/mol. The Morgan fingerprint density at radius 3 is 2.69 bits per heavy atom. The molecule has 1 aliphatic rings. The molecule has 0 aliphatic carbocycles. The van der Waals surface area contributed by atoms with E-state index in [1.807, 2.05) is 11.6 Å². The fourth-order valence-electron chi connectivity index (χ4n) is 2.80. The van der Waals surface area contributed by atoms with Crippen LogP contribution in [0.5, 0.6) is 0 Å². The molecule has 0 radical (unpaired) electrons. The van der Waals surface area contributed by atoms with Gasteiger partial charge in [0.2, 0.25) is 0 Å². The zero-order valence-electron chi connectivity index (χ0n) is 15.1. The Balaban J connectivity index is 1.46. The van der Waals surface area contributed by atoms with Crippen LogP contribution in [0.1, 0.15) is 5.56 Å². The number of ether oxygens (including phenoxy) is 1. The van der Waals surface area contributed by atoms with Crippen molar-refractivity contribution in [2.75, 3.05) is 56.7 Å². The first-order valence-corrected chi connectivity index (χ1v) is 9.65. The van der Waals surface area contributed by atoms with E-state index in [4.69, 9.17) is 10.5 Å². The number of aliphatic imine (C=N–C) groups is 1. The largest absolute Gasteiger partial charge is 0.383 e. The summed E-state index contributed by atoms with van der Waals surface area (Å²) in [5.41, 5.74) is 8.42. The number of hydrogen-bond donors (Lipinski definition) is 2. The molecule has 2 heterocycles. The molecule has 7 nitrogen and oxygen atoms in total. The van der Waals surface area contributed by atoms with E-state index >= 15 is 0 Å². The minimum Gasteiger partial charge on any atom is -0.383 e. The standard InChI is InChI=1S/C18H26N6OS/c1-25-12-6-20-16-4-2-15(3-5-16)14-22-17(19)23-8-10-24(11-9-23)18-21-7-13-26-18/h2-5,7,13,20H,6,8-12,14H2,1H3,(H2,19,22). The minimum absolute atomic E-state index is 0.594. The number of nitrogens with zero attached hydrogens (tertiary/aromatic N) is 4. The molecule has 1 aromatic carbocycles. The van der Waals surface area contributed by atoms with E-state index < -0.39 is 0 Å². The Morgan fingerprint density at radius 2 is 2.04 bits per heavy atom. The van der Waals surface area contributed by atoms with Gasteiger partial charge in [-0.05, 0) is 17.7 Å². The third kappa shape index (κ3) is 5.09. The van der Waals surface area contributed by atoms with Gasteiger partial charge in [-0.2, -0.15) is 0 Å². The topological polar surface area (TPSA) is 79.0 Å². The molecule has 26 heavy (non-hydrogen) atoms. The summed E-state index contributed by atoms with van der Waals surface area (Å²) in [4.78, 5) is 13.4. The van der Waals surface area contributed by atoms with Gasteiger partial charge in [0.05, 0.1) is 13.2 Å². The molecule has 0 amide bonds. The van der Waals surface area contributed by atoms with Crippen molar-refractivity contribution in [3.8, 4) is 0 Å². The van der Waals surface area contributed by atoms with E-state index in [1.54, 1.807) is 18.4 Å². The predicted octanol–water partition coefficient (Wildman–Crippen LogP) is 1.84. The fraction of sp³-hybridized carbons (Fsp3) is 0.444. The van der Waals surface area contributed by atoms with E-state index in [-0.39, 0.29) is 0 Å². The lowest BCUT2D eigenvalue weighted by Crippen LogP contribution is -2.51. The van der Waals surface area contributed by atoms with Gasteiger partial charge in [0.1, 0.15) is 0 Å². The van der Waals surface area contributed by atoms with Crippen molar-refractivity contribution in [3.05, 3.63) is 41.4 Å². The average molecular weight is 375 g/mol. The summed E-state index contributed by atoms with van der Waals surface area (Å²) in [6.07, 6.45) is 1.85. The summed E-state index contributed by atoms with van der Waals surface area (Å²) >= 11 is 1.68. The summed E-state index contributed by atoms with van der Waals surface area (Å²) < 4.78 is 5.03. The quantitative estimate of drug-likeness (QED) is 0.437. The van der Waals surface area contributed by atoms with E-state index in [0.29, 0.717) is 19.1 Å².